The molecule has 3 heteroatoms. The second kappa shape index (κ2) is 5.37. The Hall–Kier alpha value is -1.67. The molecule has 1 unspecified atom stereocenters. The molecule has 0 aromatic heterocycles. The molecule has 0 amide bonds. The number of rotatable bonds is 3. The maximum absolute atomic E-state index is 6.06. The first-order valence-electron chi connectivity index (χ1n) is 6.93. The van der Waals surface area contributed by atoms with Crippen molar-refractivity contribution in [1.82, 2.24) is 0 Å². The lowest BCUT2D eigenvalue weighted by Gasteiger charge is -2.17. The quantitative estimate of drug-likeness (QED) is 0.918. The zero-order valence-electron chi connectivity index (χ0n) is 11.9. The van der Waals surface area contributed by atoms with Crippen molar-refractivity contribution in [3.63, 3.8) is 0 Å². The van der Waals surface area contributed by atoms with E-state index >= 15 is 0 Å². The van der Waals surface area contributed by atoms with Gasteiger partial charge in [-0.1, -0.05) is 23.7 Å². The Morgan fingerprint density at radius 3 is 2.65 bits per heavy atom. The molecule has 0 radical (unpaired) electrons. The number of halogens is 1. The standard InChI is InChI=1S/C17H19ClN2/c1-20(2)17-5-3-4-15(11-17)19-16-9-12-6-7-14(18)8-13(12)10-16/h3-8,11,16,19H,9-10H2,1-2H3. The van der Waals surface area contributed by atoms with Crippen LogP contribution >= 0.6 is 11.6 Å². The molecular formula is C17H19ClN2. The first-order valence-corrected chi connectivity index (χ1v) is 7.31. The van der Waals surface area contributed by atoms with Gasteiger partial charge >= 0.3 is 0 Å². The molecule has 0 saturated carbocycles. The average Bonchev–Trinajstić information content (AvgIpc) is 2.80. The lowest BCUT2D eigenvalue weighted by molar-refractivity contribution is 0.774. The van der Waals surface area contributed by atoms with Gasteiger partial charge in [-0.25, -0.2) is 0 Å². The molecule has 0 fully saturated rings. The minimum atomic E-state index is 0.459. The van der Waals surface area contributed by atoms with E-state index in [1.54, 1.807) is 0 Å². The highest BCUT2D eigenvalue weighted by atomic mass is 35.5. The summed E-state index contributed by atoms with van der Waals surface area (Å²) in [6, 6.07) is 15.2. The molecule has 2 nitrogen and oxygen atoms in total. The number of hydrogen-bond donors (Lipinski definition) is 1. The van der Waals surface area contributed by atoms with E-state index in [-0.39, 0.29) is 0 Å². The Bertz CT molecular complexity index is 622. The van der Waals surface area contributed by atoms with Crippen LogP contribution in [0.15, 0.2) is 42.5 Å². The van der Waals surface area contributed by atoms with Gasteiger partial charge in [-0.2, -0.15) is 0 Å². The molecular weight excluding hydrogens is 268 g/mol. The first kappa shape index (κ1) is 13.3. The van der Waals surface area contributed by atoms with E-state index in [4.69, 9.17) is 11.6 Å². The fourth-order valence-electron chi connectivity index (χ4n) is 2.80. The molecule has 0 saturated heterocycles. The van der Waals surface area contributed by atoms with E-state index in [1.165, 1.54) is 22.5 Å². The van der Waals surface area contributed by atoms with Crippen LogP contribution in [0.3, 0.4) is 0 Å². The zero-order chi connectivity index (χ0) is 14.1. The lowest BCUT2D eigenvalue weighted by Crippen LogP contribution is -2.19. The van der Waals surface area contributed by atoms with Crippen LogP contribution in [0, 0.1) is 0 Å². The number of anilines is 2. The van der Waals surface area contributed by atoms with Crippen molar-refractivity contribution in [2.45, 2.75) is 18.9 Å². The summed E-state index contributed by atoms with van der Waals surface area (Å²) in [6.45, 7) is 0. The van der Waals surface area contributed by atoms with Gasteiger partial charge in [0.15, 0.2) is 0 Å². The van der Waals surface area contributed by atoms with Gasteiger partial charge in [0.05, 0.1) is 0 Å². The van der Waals surface area contributed by atoms with Gasteiger partial charge in [0.2, 0.25) is 0 Å². The molecule has 20 heavy (non-hydrogen) atoms. The van der Waals surface area contributed by atoms with Gasteiger partial charge < -0.3 is 10.2 Å². The molecule has 1 aliphatic carbocycles. The number of fused-ring (bicyclic) bond motifs is 1. The van der Waals surface area contributed by atoms with Crippen molar-refractivity contribution in [1.29, 1.82) is 0 Å². The van der Waals surface area contributed by atoms with Gasteiger partial charge in [-0.15, -0.1) is 0 Å². The van der Waals surface area contributed by atoms with E-state index in [0.717, 1.165) is 17.9 Å². The molecule has 1 N–H and O–H groups in total. The number of nitrogens with zero attached hydrogens (tertiary/aromatic N) is 1. The third-order valence-electron chi connectivity index (χ3n) is 3.83. The highest BCUT2D eigenvalue weighted by Gasteiger charge is 2.21. The Balaban J connectivity index is 1.73. The summed E-state index contributed by atoms with van der Waals surface area (Å²) in [7, 11) is 4.12. The predicted octanol–water partition coefficient (Wildman–Crippen LogP) is 3.99. The zero-order valence-corrected chi connectivity index (χ0v) is 12.6. The maximum atomic E-state index is 6.06. The van der Waals surface area contributed by atoms with E-state index in [9.17, 15) is 0 Å². The summed E-state index contributed by atoms with van der Waals surface area (Å²) < 4.78 is 0. The normalized spacial score (nSPS) is 16.9. The van der Waals surface area contributed by atoms with Crippen LogP contribution in [0.25, 0.3) is 0 Å². The van der Waals surface area contributed by atoms with Crippen molar-refractivity contribution in [3.05, 3.63) is 58.6 Å². The Morgan fingerprint density at radius 2 is 1.85 bits per heavy atom. The molecule has 0 heterocycles. The summed E-state index contributed by atoms with van der Waals surface area (Å²) >= 11 is 6.06. The lowest BCUT2D eigenvalue weighted by atomic mass is 10.1. The van der Waals surface area contributed by atoms with Crippen LogP contribution in [0.4, 0.5) is 11.4 Å². The van der Waals surface area contributed by atoms with Crippen molar-refractivity contribution < 1.29 is 0 Å². The first-order chi connectivity index (χ1) is 9.61. The SMILES string of the molecule is CN(C)c1cccc(NC2Cc3ccc(Cl)cc3C2)c1. The van der Waals surface area contributed by atoms with Gasteiger partial charge in [0, 0.05) is 36.5 Å². The summed E-state index contributed by atoms with van der Waals surface area (Å²) in [5, 5.41) is 4.47. The fourth-order valence-corrected chi connectivity index (χ4v) is 2.99. The predicted molar refractivity (Wildman–Crippen MR) is 87.0 cm³/mol. The van der Waals surface area contributed by atoms with Crippen LogP contribution < -0.4 is 10.2 Å². The van der Waals surface area contributed by atoms with Gasteiger partial charge in [0.1, 0.15) is 0 Å². The van der Waals surface area contributed by atoms with E-state index in [1.807, 2.05) is 6.07 Å². The molecule has 104 valence electrons. The molecule has 0 bridgehead atoms. The Kier molecular flexibility index (Phi) is 3.58. The largest absolute Gasteiger partial charge is 0.382 e. The molecule has 2 aromatic rings. The van der Waals surface area contributed by atoms with E-state index in [0.29, 0.717) is 6.04 Å². The highest BCUT2D eigenvalue weighted by molar-refractivity contribution is 6.30. The van der Waals surface area contributed by atoms with Crippen molar-refractivity contribution in [2.75, 3.05) is 24.3 Å². The molecule has 0 spiro atoms. The second-order valence-electron chi connectivity index (χ2n) is 5.61. The van der Waals surface area contributed by atoms with E-state index in [2.05, 4.69) is 60.7 Å². The summed E-state index contributed by atoms with van der Waals surface area (Å²) in [5.74, 6) is 0. The Labute approximate surface area is 125 Å². The molecule has 2 aromatic carbocycles. The topological polar surface area (TPSA) is 15.3 Å². The van der Waals surface area contributed by atoms with E-state index < -0.39 is 0 Å². The van der Waals surface area contributed by atoms with Gasteiger partial charge in [0.25, 0.3) is 0 Å². The summed E-state index contributed by atoms with van der Waals surface area (Å²) in [6.07, 6.45) is 2.11. The number of nitrogens with one attached hydrogen (secondary N) is 1. The minimum Gasteiger partial charge on any atom is -0.382 e. The van der Waals surface area contributed by atoms with Crippen LogP contribution in [-0.2, 0) is 12.8 Å². The number of hydrogen-bond acceptors (Lipinski definition) is 2. The van der Waals surface area contributed by atoms with Gasteiger partial charge in [-0.05, 0) is 54.3 Å². The molecule has 1 atom stereocenters. The van der Waals surface area contributed by atoms with Crippen LogP contribution in [0.5, 0.6) is 0 Å². The van der Waals surface area contributed by atoms with Gasteiger partial charge in [-0.3, -0.25) is 0 Å². The average molecular weight is 287 g/mol. The fraction of sp³-hybridized carbons (Fsp3) is 0.294. The number of benzene rings is 2. The Morgan fingerprint density at radius 1 is 1.05 bits per heavy atom. The summed E-state index contributed by atoms with van der Waals surface area (Å²) in [5.41, 5.74) is 5.18. The smallest absolute Gasteiger partial charge is 0.0408 e. The highest BCUT2D eigenvalue weighted by Crippen LogP contribution is 2.28. The van der Waals surface area contributed by atoms with Crippen LogP contribution in [0.1, 0.15) is 11.1 Å². The molecule has 0 aliphatic heterocycles. The molecule has 3 rings (SSSR count). The van der Waals surface area contributed by atoms with Crippen molar-refractivity contribution in [2.24, 2.45) is 0 Å². The third-order valence-corrected chi connectivity index (χ3v) is 4.07. The maximum Gasteiger partial charge on any atom is 0.0408 e. The second-order valence-corrected chi connectivity index (χ2v) is 6.04. The van der Waals surface area contributed by atoms with Crippen molar-refractivity contribution >= 4 is 23.0 Å². The van der Waals surface area contributed by atoms with Crippen LogP contribution in [0.2, 0.25) is 5.02 Å². The van der Waals surface area contributed by atoms with Crippen molar-refractivity contribution in [3.8, 4) is 0 Å². The monoisotopic (exact) mass is 286 g/mol. The summed E-state index contributed by atoms with van der Waals surface area (Å²) in [4.78, 5) is 2.12. The third kappa shape index (κ3) is 2.75. The van der Waals surface area contributed by atoms with Crippen LogP contribution in [-0.4, -0.2) is 20.1 Å². The molecule has 1 aliphatic rings. The minimum absolute atomic E-state index is 0.459.